The summed E-state index contributed by atoms with van der Waals surface area (Å²) in [4.78, 5) is 22.0. The van der Waals surface area contributed by atoms with E-state index < -0.39 is 11.7 Å². The molecule has 4 aromatic rings. The number of hydrogen-bond donors (Lipinski definition) is 3. The molecular weight excluding hydrogens is 519 g/mol. The topological polar surface area (TPSA) is 111 Å². The van der Waals surface area contributed by atoms with Gasteiger partial charge in [0.05, 0.1) is 23.2 Å². The molecule has 8 nitrogen and oxygen atoms in total. The molecule has 2 heterocycles. The first-order valence-corrected chi connectivity index (χ1v) is 13.4. The number of amides is 1. The third-order valence-corrected chi connectivity index (χ3v) is 7.34. The third-order valence-electron chi connectivity index (χ3n) is 7.34. The summed E-state index contributed by atoms with van der Waals surface area (Å²) in [5, 5.41) is 11.5. The highest BCUT2D eigenvalue weighted by Gasteiger charge is 2.30. The number of aryl methyl sites for hydroxylation is 2. The van der Waals surface area contributed by atoms with E-state index in [9.17, 15) is 18.0 Å². The van der Waals surface area contributed by atoms with Crippen LogP contribution in [0.2, 0.25) is 0 Å². The van der Waals surface area contributed by atoms with E-state index in [4.69, 9.17) is 10.7 Å². The Hall–Kier alpha value is -3.99. The predicted octanol–water partition coefficient (Wildman–Crippen LogP) is 5.47. The van der Waals surface area contributed by atoms with Crippen LogP contribution in [0, 0.1) is 0 Å². The molecule has 0 unspecified atom stereocenters. The number of benzene rings is 2. The quantitative estimate of drug-likeness (QED) is 0.281. The number of fused-ring (bicyclic) bond motifs is 1. The standard InChI is InChI=1S/C29H32F3N7O/c1-3-18-13-19(14-20-16-34-28(37-27(18)20)35-23-10-8-22(33)9-11-23)24-15-25(38-39(24)2)36-26(40)12-17-4-6-21(7-5-17)29(30,31)32/h4-7,13-16,22-23H,3,8-12,33H2,1-2H3,(H,34,35,37)(H,36,38,40). The van der Waals surface area contributed by atoms with Crippen molar-refractivity contribution in [3.8, 4) is 11.3 Å². The maximum atomic E-state index is 12.8. The number of nitrogens with two attached hydrogens (primary N) is 1. The summed E-state index contributed by atoms with van der Waals surface area (Å²) in [7, 11) is 1.79. The number of alkyl halides is 3. The van der Waals surface area contributed by atoms with Crippen LogP contribution in [0.4, 0.5) is 24.9 Å². The number of rotatable bonds is 7. The largest absolute Gasteiger partial charge is 0.416 e. The molecule has 0 aliphatic heterocycles. The Morgan fingerprint density at radius 2 is 1.82 bits per heavy atom. The Balaban J connectivity index is 1.31. The maximum absolute atomic E-state index is 12.8. The molecule has 0 atom stereocenters. The number of nitrogens with zero attached hydrogens (tertiary/aromatic N) is 4. The SMILES string of the molecule is CCc1cc(-c2cc(NC(=O)Cc3ccc(C(F)(F)F)cc3)nn2C)cc2cnc(NC3CCC(N)CC3)nc12. The van der Waals surface area contributed by atoms with E-state index in [1.54, 1.807) is 17.8 Å². The first-order chi connectivity index (χ1) is 19.1. The van der Waals surface area contributed by atoms with Crippen LogP contribution in [0.1, 0.15) is 49.3 Å². The first kappa shape index (κ1) is 27.6. The Bertz CT molecular complexity index is 1510. The van der Waals surface area contributed by atoms with Crippen molar-refractivity contribution in [1.82, 2.24) is 19.7 Å². The maximum Gasteiger partial charge on any atom is 0.416 e. The van der Waals surface area contributed by atoms with Gasteiger partial charge in [0, 0.05) is 42.3 Å². The number of aromatic nitrogens is 4. The van der Waals surface area contributed by atoms with Crippen molar-refractivity contribution in [3.05, 3.63) is 65.4 Å². The van der Waals surface area contributed by atoms with Gasteiger partial charge >= 0.3 is 6.18 Å². The van der Waals surface area contributed by atoms with E-state index in [0.29, 0.717) is 23.4 Å². The Labute approximate surface area is 230 Å². The van der Waals surface area contributed by atoms with E-state index >= 15 is 0 Å². The minimum Gasteiger partial charge on any atom is -0.351 e. The fourth-order valence-corrected chi connectivity index (χ4v) is 5.13. The summed E-state index contributed by atoms with van der Waals surface area (Å²) in [5.41, 5.74) is 9.42. The van der Waals surface area contributed by atoms with Crippen LogP contribution in [0.25, 0.3) is 22.2 Å². The van der Waals surface area contributed by atoms with E-state index in [1.165, 1.54) is 12.1 Å². The van der Waals surface area contributed by atoms with Gasteiger partial charge in [-0.2, -0.15) is 18.3 Å². The number of carbonyl (C=O) groups is 1. The molecule has 1 fully saturated rings. The lowest BCUT2D eigenvalue weighted by Crippen LogP contribution is -2.33. The van der Waals surface area contributed by atoms with Gasteiger partial charge in [-0.05, 0) is 67.5 Å². The zero-order valence-electron chi connectivity index (χ0n) is 22.4. The number of anilines is 2. The smallest absolute Gasteiger partial charge is 0.351 e. The molecule has 4 N–H and O–H groups in total. The van der Waals surface area contributed by atoms with Gasteiger partial charge in [-0.25, -0.2) is 9.97 Å². The number of carbonyl (C=O) groups excluding carboxylic acids is 1. The molecule has 210 valence electrons. The van der Waals surface area contributed by atoms with Crippen LogP contribution >= 0.6 is 0 Å². The van der Waals surface area contributed by atoms with Crippen LogP contribution < -0.4 is 16.4 Å². The number of hydrogen-bond acceptors (Lipinski definition) is 6. The molecule has 11 heteroatoms. The van der Waals surface area contributed by atoms with Crippen molar-refractivity contribution in [2.24, 2.45) is 12.8 Å². The third kappa shape index (κ3) is 6.25. The molecule has 5 rings (SSSR count). The van der Waals surface area contributed by atoms with Gasteiger partial charge in [0.25, 0.3) is 0 Å². The van der Waals surface area contributed by atoms with Gasteiger partial charge in [-0.15, -0.1) is 0 Å². The van der Waals surface area contributed by atoms with Crippen molar-refractivity contribution in [3.63, 3.8) is 0 Å². The van der Waals surface area contributed by atoms with E-state index in [-0.39, 0.29) is 18.4 Å². The van der Waals surface area contributed by atoms with Crippen LogP contribution in [0.5, 0.6) is 0 Å². The van der Waals surface area contributed by atoms with Crippen LogP contribution in [-0.4, -0.2) is 37.7 Å². The molecule has 0 bridgehead atoms. The molecule has 1 amide bonds. The second kappa shape index (κ2) is 11.2. The minimum absolute atomic E-state index is 0.0681. The van der Waals surface area contributed by atoms with Gasteiger partial charge in [-0.1, -0.05) is 19.1 Å². The average molecular weight is 552 g/mol. The van der Waals surface area contributed by atoms with Crippen molar-refractivity contribution in [2.75, 3.05) is 10.6 Å². The molecule has 0 spiro atoms. The highest BCUT2D eigenvalue weighted by molar-refractivity contribution is 5.92. The number of halogens is 3. The van der Waals surface area contributed by atoms with E-state index in [2.05, 4.69) is 33.7 Å². The summed E-state index contributed by atoms with van der Waals surface area (Å²) in [6, 6.07) is 11.0. The zero-order valence-corrected chi connectivity index (χ0v) is 22.4. The van der Waals surface area contributed by atoms with Gasteiger partial charge < -0.3 is 16.4 Å². The van der Waals surface area contributed by atoms with Crippen molar-refractivity contribution < 1.29 is 18.0 Å². The minimum atomic E-state index is -4.42. The predicted molar refractivity (Wildman–Crippen MR) is 149 cm³/mol. The van der Waals surface area contributed by atoms with Gasteiger partial charge in [0.1, 0.15) is 0 Å². The average Bonchev–Trinajstić information content (AvgIpc) is 3.28. The van der Waals surface area contributed by atoms with Crippen LogP contribution in [0.3, 0.4) is 0 Å². The normalized spacial score (nSPS) is 17.6. The summed E-state index contributed by atoms with van der Waals surface area (Å²) >= 11 is 0. The van der Waals surface area contributed by atoms with Crippen molar-refractivity contribution >= 4 is 28.6 Å². The van der Waals surface area contributed by atoms with E-state index in [1.807, 2.05) is 12.3 Å². The summed E-state index contributed by atoms with van der Waals surface area (Å²) in [6.45, 7) is 2.08. The lowest BCUT2D eigenvalue weighted by atomic mass is 9.92. The molecular formula is C29H32F3N7O. The monoisotopic (exact) mass is 551 g/mol. The Morgan fingerprint density at radius 1 is 1.10 bits per heavy atom. The lowest BCUT2D eigenvalue weighted by Gasteiger charge is -2.26. The Morgan fingerprint density at radius 3 is 2.50 bits per heavy atom. The summed E-state index contributed by atoms with van der Waals surface area (Å²) in [5.74, 6) is 0.607. The second-order valence-corrected chi connectivity index (χ2v) is 10.3. The van der Waals surface area contributed by atoms with Gasteiger partial charge in [-0.3, -0.25) is 9.48 Å². The van der Waals surface area contributed by atoms with Crippen LogP contribution in [0.15, 0.2) is 48.7 Å². The van der Waals surface area contributed by atoms with Crippen molar-refractivity contribution in [1.29, 1.82) is 0 Å². The molecule has 40 heavy (non-hydrogen) atoms. The Kier molecular flexibility index (Phi) is 7.75. The molecule has 1 aliphatic rings. The highest BCUT2D eigenvalue weighted by atomic mass is 19.4. The van der Waals surface area contributed by atoms with Crippen LogP contribution in [-0.2, 0) is 30.9 Å². The molecule has 2 aromatic carbocycles. The number of nitrogens with one attached hydrogen (secondary N) is 2. The van der Waals surface area contributed by atoms with Gasteiger partial charge in [0.15, 0.2) is 5.82 Å². The molecule has 0 saturated heterocycles. The molecule has 2 aromatic heterocycles. The second-order valence-electron chi connectivity index (χ2n) is 10.3. The van der Waals surface area contributed by atoms with E-state index in [0.717, 1.165) is 72.0 Å². The summed E-state index contributed by atoms with van der Waals surface area (Å²) in [6.07, 6.45) is 2.12. The molecule has 1 saturated carbocycles. The summed E-state index contributed by atoms with van der Waals surface area (Å²) < 4.78 is 40.1. The molecule has 1 aliphatic carbocycles. The molecule has 0 radical (unpaired) electrons. The highest BCUT2D eigenvalue weighted by Crippen LogP contribution is 2.31. The fourth-order valence-electron chi connectivity index (χ4n) is 5.13. The zero-order chi connectivity index (χ0) is 28.4. The lowest BCUT2D eigenvalue weighted by molar-refractivity contribution is -0.137. The van der Waals surface area contributed by atoms with Gasteiger partial charge in [0.2, 0.25) is 11.9 Å². The van der Waals surface area contributed by atoms with Crippen molar-refractivity contribution in [2.45, 2.75) is 63.7 Å². The first-order valence-electron chi connectivity index (χ1n) is 13.4. The fraction of sp³-hybridized carbons (Fsp3) is 0.379.